The molecule has 152 valence electrons. The smallest absolute Gasteiger partial charge is 0.291 e. The lowest BCUT2D eigenvalue weighted by molar-refractivity contribution is 0.0727. The Hall–Kier alpha value is -3.28. The molecule has 0 fully saturated rings. The Morgan fingerprint density at radius 1 is 1.00 bits per heavy atom. The van der Waals surface area contributed by atoms with Crippen molar-refractivity contribution >= 4 is 28.5 Å². The van der Waals surface area contributed by atoms with Gasteiger partial charge in [-0.25, -0.2) is 0 Å². The molecule has 0 radical (unpaired) electrons. The van der Waals surface area contributed by atoms with Gasteiger partial charge in [0, 0.05) is 18.5 Å². The van der Waals surface area contributed by atoms with Crippen LogP contribution in [-0.4, -0.2) is 36.9 Å². The Kier molecular flexibility index (Phi) is 6.54. The zero-order valence-corrected chi connectivity index (χ0v) is 17.0. The first-order valence-corrected chi connectivity index (χ1v) is 9.85. The fraction of sp³-hybridized carbons (Fsp3) is 0.304. The minimum absolute atomic E-state index is 0.149. The number of anilines is 1. The van der Waals surface area contributed by atoms with Crippen LogP contribution in [0.25, 0.3) is 11.0 Å². The number of amides is 2. The SMILES string of the molecule is CCCN(CCC)C(=O)c1oc2ccccc2c1NC(=O)c1ccccc1OC. The number of hydrogen-bond donors (Lipinski definition) is 1. The fourth-order valence-electron chi connectivity index (χ4n) is 3.33. The summed E-state index contributed by atoms with van der Waals surface area (Å²) in [7, 11) is 1.52. The number of nitrogens with one attached hydrogen (secondary N) is 1. The summed E-state index contributed by atoms with van der Waals surface area (Å²) in [5.74, 6) is 0.0291. The molecule has 0 unspecified atom stereocenters. The highest BCUT2D eigenvalue weighted by Crippen LogP contribution is 2.33. The first kappa shape index (κ1) is 20.5. The van der Waals surface area contributed by atoms with E-state index in [0.717, 1.165) is 12.8 Å². The third kappa shape index (κ3) is 4.26. The van der Waals surface area contributed by atoms with E-state index in [1.165, 1.54) is 7.11 Å². The predicted molar refractivity (Wildman–Crippen MR) is 114 cm³/mol. The van der Waals surface area contributed by atoms with E-state index < -0.39 is 0 Å². The molecular formula is C23H26N2O4. The first-order chi connectivity index (χ1) is 14.1. The highest BCUT2D eigenvalue weighted by molar-refractivity contribution is 6.15. The maximum absolute atomic E-state index is 13.2. The molecule has 0 atom stereocenters. The van der Waals surface area contributed by atoms with E-state index in [1.807, 2.05) is 32.0 Å². The van der Waals surface area contributed by atoms with E-state index in [-0.39, 0.29) is 17.6 Å². The standard InChI is InChI=1S/C23H26N2O4/c1-4-14-25(15-5-2)23(27)21-20(16-10-6-9-13-19(16)29-21)24-22(26)17-11-7-8-12-18(17)28-3/h6-13H,4-5,14-15H2,1-3H3,(H,24,26). The van der Waals surface area contributed by atoms with E-state index in [0.29, 0.717) is 41.1 Å². The van der Waals surface area contributed by atoms with Gasteiger partial charge in [-0.1, -0.05) is 38.1 Å². The van der Waals surface area contributed by atoms with Crippen molar-refractivity contribution in [3.63, 3.8) is 0 Å². The van der Waals surface area contributed by atoms with Crippen molar-refractivity contribution in [2.24, 2.45) is 0 Å². The molecule has 0 aliphatic heterocycles. The van der Waals surface area contributed by atoms with E-state index in [1.54, 1.807) is 35.2 Å². The van der Waals surface area contributed by atoms with Gasteiger partial charge in [-0.3, -0.25) is 9.59 Å². The number of ether oxygens (including phenoxy) is 1. The molecule has 1 N–H and O–H groups in total. The Labute approximate surface area is 170 Å². The third-order valence-corrected chi connectivity index (χ3v) is 4.65. The monoisotopic (exact) mass is 394 g/mol. The third-order valence-electron chi connectivity index (χ3n) is 4.65. The minimum Gasteiger partial charge on any atom is -0.496 e. The van der Waals surface area contributed by atoms with Crippen LogP contribution in [0.5, 0.6) is 5.75 Å². The van der Waals surface area contributed by atoms with Crippen molar-refractivity contribution in [1.82, 2.24) is 4.90 Å². The Balaban J connectivity index is 2.03. The molecule has 6 nitrogen and oxygen atoms in total. The lowest BCUT2D eigenvalue weighted by Crippen LogP contribution is -2.32. The largest absolute Gasteiger partial charge is 0.496 e. The number of rotatable bonds is 8. The molecule has 0 bridgehead atoms. The topological polar surface area (TPSA) is 71.8 Å². The second-order valence-electron chi connectivity index (χ2n) is 6.75. The van der Waals surface area contributed by atoms with Crippen LogP contribution >= 0.6 is 0 Å². The average molecular weight is 394 g/mol. The van der Waals surface area contributed by atoms with Crippen LogP contribution in [0.15, 0.2) is 52.9 Å². The van der Waals surface area contributed by atoms with Gasteiger partial charge in [0.15, 0.2) is 0 Å². The molecule has 2 amide bonds. The molecule has 6 heteroatoms. The van der Waals surface area contributed by atoms with Crippen LogP contribution in [-0.2, 0) is 0 Å². The molecule has 3 rings (SSSR count). The van der Waals surface area contributed by atoms with Crippen LogP contribution < -0.4 is 10.1 Å². The lowest BCUT2D eigenvalue weighted by atomic mass is 10.1. The summed E-state index contributed by atoms with van der Waals surface area (Å²) < 4.78 is 11.2. The second kappa shape index (κ2) is 9.28. The van der Waals surface area contributed by atoms with Gasteiger partial charge in [-0.15, -0.1) is 0 Å². The summed E-state index contributed by atoms with van der Waals surface area (Å²) in [6.45, 7) is 5.31. The number of hydrogen-bond acceptors (Lipinski definition) is 4. The zero-order valence-electron chi connectivity index (χ0n) is 17.0. The molecule has 2 aromatic carbocycles. The van der Waals surface area contributed by atoms with Gasteiger partial charge >= 0.3 is 0 Å². The van der Waals surface area contributed by atoms with Gasteiger partial charge in [0.1, 0.15) is 17.0 Å². The maximum atomic E-state index is 13.2. The van der Waals surface area contributed by atoms with Crippen LogP contribution in [0.4, 0.5) is 5.69 Å². The van der Waals surface area contributed by atoms with Crippen molar-refractivity contribution in [2.75, 3.05) is 25.5 Å². The summed E-state index contributed by atoms with van der Waals surface area (Å²) in [6.07, 6.45) is 1.68. The van der Waals surface area contributed by atoms with Crippen LogP contribution in [0.3, 0.4) is 0 Å². The summed E-state index contributed by atoms with van der Waals surface area (Å²) in [4.78, 5) is 27.9. The van der Waals surface area contributed by atoms with Crippen molar-refractivity contribution < 1.29 is 18.7 Å². The molecule has 0 aliphatic rings. The number of furan rings is 1. The number of fused-ring (bicyclic) bond motifs is 1. The number of carbonyl (C=O) groups excluding carboxylic acids is 2. The van der Waals surface area contributed by atoms with Gasteiger partial charge in [-0.05, 0) is 37.1 Å². The molecule has 1 heterocycles. The summed E-state index contributed by atoms with van der Waals surface area (Å²) >= 11 is 0. The van der Waals surface area contributed by atoms with Gasteiger partial charge < -0.3 is 19.4 Å². The van der Waals surface area contributed by atoms with E-state index in [9.17, 15) is 9.59 Å². The summed E-state index contributed by atoms with van der Waals surface area (Å²) in [5.41, 5.74) is 1.33. The normalized spacial score (nSPS) is 10.7. The number of carbonyl (C=O) groups is 2. The fourth-order valence-corrected chi connectivity index (χ4v) is 3.33. The number of methoxy groups -OCH3 is 1. The number of para-hydroxylation sites is 2. The lowest BCUT2D eigenvalue weighted by Gasteiger charge is -2.20. The Morgan fingerprint density at radius 3 is 2.34 bits per heavy atom. The predicted octanol–water partition coefficient (Wildman–Crippen LogP) is 4.96. The number of nitrogens with zero attached hydrogens (tertiary/aromatic N) is 1. The molecule has 0 aliphatic carbocycles. The van der Waals surface area contributed by atoms with Crippen molar-refractivity contribution in [1.29, 1.82) is 0 Å². The Bertz CT molecular complexity index is 1000. The molecule has 3 aromatic rings. The van der Waals surface area contributed by atoms with Gasteiger partial charge in [0.2, 0.25) is 5.76 Å². The second-order valence-corrected chi connectivity index (χ2v) is 6.75. The maximum Gasteiger partial charge on any atom is 0.291 e. The van der Waals surface area contributed by atoms with Crippen molar-refractivity contribution in [3.8, 4) is 5.75 Å². The quantitative estimate of drug-likeness (QED) is 0.586. The first-order valence-electron chi connectivity index (χ1n) is 9.85. The zero-order chi connectivity index (χ0) is 20.8. The molecule has 1 aromatic heterocycles. The van der Waals surface area contributed by atoms with Crippen LogP contribution in [0.1, 0.15) is 47.6 Å². The minimum atomic E-state index is -0.361. The van der Waals surface area contributed by atoms with Crippen LogP contribution in [0, 0.1) is 0 Å². The summed E-state index contributed by atoms with van der Waals surface area (Å²) in [6, 6.07) is 14.3. The number of benzene rings is 2. The molecule has 0 saturated heterocycles. The molecular weight excluding hydrogens is 368 g/mol. The van der Waals surface area contributed by atoms with E-state index in [2.05, 4.69) is 5.32 Å². The molecule has 0 spiro atoms. The van der Waals surface area contributed by atoms with Gasteiger partial charge in [0.05, 0.1) is 12.7 Å². The summed E-state index contributed by atoms with van der Waals surface area (Å²) in [5, 5.41) is 3.57. The van der Waals surface area contributed by atoms with Gasteiger partial charge in [0.25, 0.3) is 11.8 Å². The highest BCUT2D eigenvalue weighted by Gasteiger charge is 2.26. The van der Waals surface area contributed by atoms with E-state index >= 15 is 0 Å². The van der Waals surface area contributed by atoms with Gasteiger partial charge in [-0.2, -0.15) is 0 Å². The van der Waals surface area contributed by atoms with E-state index in [4.69, 9.17) is 9.15 Å². The molecule has 0 saturated carbocycles. The van der Waals surface area contributed by atoms with Crippen molar-refractivity contribution in [2.45, 2.75) is 26.7 Å². The molecule has 29 heavy (non-hydrogen) atoms. The highest BCUT2D eigenvalue weighted by atomic mass is 16.5. The average Bonchev–Trinajstić information content (AvgIpc) is 3.11. The van der Waals surface area contributed by atoms with Crippen LogP contribution in [0.2, 0.25) is 0 Å². The Morgan fingerprint density at radius 2 is 1.66 bits per heavy atom. The van der Waals surface area contributed by atoms with Crippen molar-refractivity contribution in [3.05, 3.63) is 59.9 Å².